The molecule has 1 N–H and O–H groups in total. The highest BCUT2D eigenvalue weighted by Crippen LogP contribution is 2.26. The Labute approximate surface area is 146 Å². The van der Waals surface area contributed by atoms with E-state index in [1.54, 1.807) is 11.0 Å². The van der Waals surface area contributed by atoms with Crippen LogP contribution < -0.4 is 5.32 Å². The summed E-state index contributed by atoms with van der Waals surface area (Å²) >= 11 is 0. The summed E-state index contributed by atoms with van der Waals surface area (Å²) in [6.45, 7) is 6.98. The van der Waals surface area contributed by atoms with Crippen LogP contribution in [-0.2, 0) is 0 Å². The largest absolute Gasteiger partial charge is 0.359 e. The highest BCUT2D eigenvalue weighted by Gasteiger charge is 2.25. The van der Waals surface area contributed by atoms with Crippen LogP contribution in [0.2, 0.25) is 0 Å². The monoisotopic (exact) mass is 343 g/mol. The summed E-state index contributed by atoms with van der Waals surface area (Å²) in [5, 5.41) is 6.67. The zero-order chi connectivity index (χ0) is 18.0. The molecule has 2 heterocycles. The summed E-state index contributed by atoms with van der Waals surface area (Å²) in [5.41, 5.74) is 2.92. The molecule has 2 amide bonds. The Morgan fingerprint density at radius 1 is 1.44 bits per heavy atom. The molecule has 1 aromatic carbocycles. The summed E-state index contributed by atoms with van der Waals surface area (Å²) in [5.74, 6) is 1.14. The maximum absolute atomic E-state index is 13.3. The van der Waals surface area contributed by atoms with Crippen molar-refractivity contribution in [3.05, 3.63) is 52.5 Å². The van der Waals surface area contributed by atoms with E-state index in [-0.39, 0.29) is 17.8 Å². The Kier molecular flexibility index (Phi) is 4.88. The molecule has 3 rings (SSSR count). The van der Waals surface area contributed by atoms with E-state index in [9.17, 15) is 9.18 Å². The number of piperidine rings is 1. The highest BCUT2D eigenvalue weighted by atomic mass is 19.1. The van der Waals surface area contributed by atoms with E-state index in [0.717, 1.165) is 17.5 Å². The molecular formula is C19H22FN3O2. The van der Waals surface area contributed by atoms with Crippen molar-refractivity contribution in [2.75, 3.05) is 18.4 Å². The second-order valence-electron chi connectivity index (χ2n) is 6.51. The van der Waals surface area contributed by atoms with Gasteiger partial charge in [0.1, 0.15) is 11.6 Å². The van der Waals surface area contributed by atoms with Crippen LogP contribution in [0.4, 0.5) is 15.0 Å². The molecule has 1 atom stereocenters. The van der Waals surface area contributed by atoms with Gasteiger partial charge in [-0.25, -0.2) is 9.18 Å². The normalized spacial score (nSPS) is 19.3. The maximum atomic E-state index is 13.3. The minimum atomic E-state index is -0.239. The first-order valence-corrected chi connectivity index (χ1v) is 8.39. The number of anilines is 1. The van der Waals surface area contributed by atoms with E-state index >= 15 is 0 Å². The number of hydrogen-bond acceptors (Lipinski definition) is 3. The van der Waals surface area contributed by atoms with Gasteiger partial charge in [-0.3, -0.25) is 5.32 Å². The molecular weight excluding hydrogens is 321 g/mol. The van der Waals surface area contributed by atoms with E-state index in [4.69, 9.17) is 4.52 Å². The third kappa shape index (κ3) is 3.90. The Bertz CT molecular complexity index is 813. The van der Waals surface area contributed by atoms with Gasteiger partial charge in [-0.1, -0.05) is 35.9 Å². The number of aromatic nitrogens is 1. The molecule has 2 aromatic rings. The molecule has 1 aliphatic heterocycles. The number of nitrogens with zero attached hydrogens (tertiary/aromatic N) is 2. The van der Waals surface area contributed by atoms with Crippen molar-refractivity contribution in [3.63, 3.8) is 0 Å². The van der Waals surface area contributed by atoms with E-state index in [0.29, 0.717) is 24.7 Å². The lowest BCUT2D eigenvalue weighted by Gasteiger charge is -2.33. The van der Waals surface area contributed by atoms with Crippen LogP contribution in [0, 0.1) is 25.6 Å². The smallest absolute Gasteiger partial charge is 0.323 e. The second kappa shape index (κ2) is 7.09. The summed E-state index contributed by atoms with van der Waals surface area (Å²) in [4.78, 5) is 14.2. The number of halogens is 1. The fraction of sp³-hybridized carbons (Fsp3) is 0.368. The molecule has 132 valence electrons. The van der Waals surface area contributed by atoms with Gasteiger partial charge < -0.3 is 9.42 Å². The standard InChI is InChI=1S/C19H22FN3O2/c1-12-11-23(19(24)21-18-13(2)14(3)25-22-18)8-7-16(12)9-15-5-4-6-17(20)10-15/h4-6,9-10,12H,7-8,11H2,1-3H3,(H,21,22,24)/b16-9+. The summed E-state index contributed by atoms with van der Waals surface area (Å²) in [6, 6.07) is 6.38. The van der Waals surface area contributed by atoms with Crippen molar-refractivity contribution in [1.29, 1.82) is 0 Å². The first-order chi connectivity index (χ1) is 11.9. The van der Waals surface area contributed by atoms with Gasteiger partial charge in [0.2, 0.25) is 0 Å². The summed E-state index contributed by atoms with van der Waals surface area (Å²) < 4.78 is 18.4. The van der Waals surface area contributed by atoms with E-state index in [2.05, 4.69) is 17.4 Å². The lowest BCUT2D eigenvalue weighted by molar-refractivity contribution is 0.197. The van der Waals surface area contributed by atoms with Gasteiger partial charge in [-0.15, -0.1) is 0 Å². The highest BCUT2D eigenvalue weighted by molar-refractivity contribution is 5.89. The van der Waals surface area contributed by atoms with Gasteiger partial charge in [-0.05, 0) is 43.9 Å². The lowest BCUT2D eigenvalue weighted by Crippen LogP contribution is -2.42. The van der Waals surface area contributed by atoms with Crippen LogP contribution in [0.15, 0.2) is 34.4 Å². The molecule has 25 heavy (non-hydrogen) atoms. The Morgan fingerprint density at radius 3 is 2.88 bits per heavy atom. The maximum Gasteiger partial charge on any atom is 0.323 e. The lowest BCUT2D eigenvalue weighted by atomic mass is 9.91. The number of aryl methyl sites for hydroxylation is 1. The quantitative estimate of drug-likeness (QED) is 0.880. The summed E-state index contributed by atoms with van der Waals surface area (Å²) in [7, 11) is 0. The molecule has 0 saturated carbocycles. The predicted octanol–water partition coefficient (Wildman–Crippen LogP) is 4.39. The fourth-order valence-corrected chi connectivity index (χ4v) is 2.97. The third-order valence-electron chi connectivity index (χ3n) is 4.67. The minimum Gasteiger partial charge on any atom is -0.359 e. The van der Waals surface area contributed by atoms with Crippen LogP contribution in [0.3, 0.4) is 0 Å². The van der Waals surface area contributed by atoms with Crippen LogP contribution in [-0.4, -0.2) is 29.2 Å². The minimum absolute atomic E-state index is 0.173. The first-order valence-electron chi connectivity index (χ1n) is 8.39. The predicted molar refractivity (Wildman–Crippen MR) is 94.7 cm³/mol. The molecule has 0 bridgehead atoms. The van der Waals surface area contributed by atoms with Crippen molar-refractivity contribution in [2.45, 2.75) is 27.2 Å². The number of carbonyl (C=O) groups is 1. The van der Waals surface area contributed by atoms with Crippen LogP contribution in [0.25, 0.3) is 6.08 Å². The zero-order valence-electron chi connectivity index (χ0n) is 14.7. The van der Waals surface area contributed by atoms with Gasteiger partial charge >= 0.3 is 6.03 Å². The Balaban J connectivity index is 1.65. The van der Waals surface area contributed by atoms with Crippen LogP contribution in [0.5, 0.6) is 0 Å². The van der Waals surface area contributed by atoms with Crippen molar-refractivity contribution in [1.82, 2.24) is 10.1 Å². The fourth-order valence-electron chi connectivity index (χ4n) is 2.97. The molecule has 1 fully saturated rings. The van der Waals surface area contributed by atoms with Crippen molar-refractivity contribution >= 4 is 17.9 Å². The molecule has 1 aromatic heterocycles. The molecule has 5 nitrogen and oxygen atoms in total. The second-order valence-corrected chi connectivity index (χ2v) is 6.51. The van der Waals surface area contributed by atoms with E-state index < -0.39 is 0 Å². The summed E-state index contributed by atoms with van der Waals surface area (Å²) in [6.07, 6.45) is 2.79. The number of amides is 2. The number of rotatable bonds is 2. The molecule has 6 heteroatoms. The van der Waals surface area contributed by atoms with Gasteiger partial charge in [-0.2, -0.15) is 0 Å². The van der Waals surface area contributed by atoms with Crippen molar-refractivity contribution in [2.24, 2.45) is 5.92 Å². The topological polar surface area (TPSA) is 58.4 Å². The van der Waals surface area contributed by atoms with Crippen molar-refractivity contribution in [3.8, 4) is 0 Å². The molecule has 1 saturated heterocycles. The third-order valence-corrected chi connectivity index (χ3v) is 4.67. The van der Waals surface area contributed by atoms with Gasteiger partial charge in [0.25, 0.3) is 0 Å². The van der Waals surface area contributed by atoms with Crippen molar-refractivity contribution < 1.29 is 13.7 Å². The number of carbonyl (C=O) groups excluding carboxylic acids is 1. The number of urea groups is 1. The van der Waals surface area contributed by atoms with E-state index in [1.807, 2.05) is 26.0 Å². The number of nitrogens with one attached hydrogen (secondary N) is 1. The molecule has 1 unspecified atom stereocenters. The molecule has 1 aliphatic rings. The van der Waals surface area contributed by atoms with Gasteiger partial charge in [0.05, 0.1) is 0 Å². The van der Waals surface area contributed by atoms with Gasteiger partial charge in [0, 0.05) is 18.7 Å². The van der Waals surface area contributed by atoms with Crippen LogP contribution in [0.1, 0.15) is 30.2 Å². The first kappa shape index (κ1) is 17.2. The van der Waals surface area contributed by atoms with Crippen LogP contribution >= 0.6 is 0 Å². The Morgan fingerprint density at radius 2 is 2.24 bits per heavy atom. The average molecular weight is 343 g/mol. The SMILES string of the molecule is Cc1onc(NC(=O)N2CC/C(=C\c3cccc(F)c3)C(C)C2)c1C. The van der Waals surface area contributed by atoms with E-state index in [1.165, 1.54) is 17.7 Å². The number of hydrogen-bond donors (Lipinski definition) is 1. The molecule has 0 aliphatic carbocycles. The zero-order valence-corrected chi connectivity index (χ0v) is 14.7. The average Bonchev–Trinajstić information content (AvgIpc) is 2.89. The number of likely N-dealkylation sites (tertiary alicyclic amines) is 1. The Hall–Kier alpha value is -2.63. The molecule has 0 spiro atoms. The number of benzene rings is 1. The van der Waals surface area contributed by atoms with Gasteiger partial charge in [0.15, 0.2) is 5.82 Å². The molecule has 0 radical (unpaired) electrons.